The molecule has 2 aromatic rings. The monoisotopic (exact) mass is 386 g/mol. The van der Waals surface area contributed by atoms with Crippen LogP contribution in [0.5, 0.6) is 0 Å². The Labute approximate surface area is 161 Å². The van der Waals surface area contributed by atoms with Crippen LogP contribution in [0.25, 0.3) is 0 Å². The summed E-state index contributed by atoms with van der Waals surface area (Å²) >= 11 is 0.963. The molecule has 0 saturated carbocycles. The van der Waals surface area contributed by atoms with Gasteiger partial charge in [0, 0.05) is 22.3 Å². The lowest BCUT2D eigenvalue weighted by atomic mass is 10.1. The van der Waals surface area contributed by atoms with Gasteiger partial charge in [-0.2, -0.15) is 0 Å². The van der Waals surface area contributed by atoms with E-state index in [9.17, 15) is 19.2 Å². The van der Waals surface area contributed by atoms with Gasteiger partial charge in [-0.05, 0) is 0 Å². The molecule has 2 aromatic carbocycles. The summed E-state index contributed by atoms with van der Waals surface area (Å²) in [6.45, 7) is 0. The van der Waals surface area contributed by atoms with Crippen LogP contribution < -0.4 is 0 Å². The molecule has 0 radical (unpaired) electrons. The molecule has 4 rings (SSSR count). The van der Waals surface area contributed by atoms with Crippen LogP contribution in [-0.4, -0.2) is 37.4 Å². The average Bonchev–Trinajstić information content (AvgIpc) is 3.13. The van der Waals surface area contributed by atoms with Crippen molar-refractivity contribution < 1.29 is 27.5 Å². The zero-order chi connectivity index (χ0) is 19.8. The molecule has 2 aliphatic rings. The van der Waals surface area contributed by atoms with Gasteiger partial charge in [-0.1, -0.05) is 48.5 Å². The predicted octanol–water partition coefficient (Wildman–Crippen LogP) is 3.75. The van der Waals surface area contributed by atoms with Gasteiger partial charge in [0.15, 0.2) is 35.5 Å². The van der Waals surface area contributed by atoms with E-state index in [1.54, 1.807) is 62.8 Å². The van der Waals surface area contributed by atoms with Crippen molar-refractivity contribution >= 4 is 35.5 Å². The summed E-state index contributed by atoms with van der Waals surface area (Å²) in [4.78, 5) is 44.2. The Balaban J connectivity index is 0.000000157. The number of carbonyl (C=O) groups excluding carboxylic acids is 4. The quantitative estimate of drug-likeness (QED) is 0.574. The molecule has 6 nitrogen and oxygen atoms in total. The van der Waals surface area contributed by atoms with E-state index in [0.717, 1.165) is 12.3 Å². The molecule has 0 N–H and O–H groups in total. The Morgan fingerprint density at radius 3 is 1.04 bits per heavy atom. The van der Waals surface area contributed by atoms with Crippen LogP contribution in [0.15, 0.2) is 48.5 Å². The molecule has 0 unspecified atom stereocenters. The Hall–Kier alpha value is -2.61. The SMILES string of the molecule is COSOC.O=C1CC(=O)c2ccccc21.O=C1CC(=O)c2ccccc21. The second-order valence-corrected chi connectivity index (χ2v) is 6.34. The van der Waals surface area contributed by atoms with Crippen LogP contribution in [0.4, 0.5) is 0 Å². The highest BCUT2D eigenvalue weighted by molar-refractivity contribution is 7.89. The number of fused-ring (bicyclic) bond motifs is 2. The zero-order valence-corrected chi connectivity index (χ0v) is 15.7. The number of ketones is 4. The number of carbonyl (C=O) groups is 4. The first-order valence-electron chi connectivity index (χ1n) is 8.04. The maximum absolute atomic E-state index is 11.1. The lowest BCUT2D eigenvalue weighted by Crippen LogP contribution is -1.90. The normalized spacial score (nSPS) is 14.0. The van der Waals surface area contributed by atoms with E-state index in [4.69, 9.17) is 0 Å². The van der Waals surface area contributed by atoms with Crippen molar-refractivity contribution in [2.75, 3.05) is 14.2 Å². The summed E-state index contributed by atoms with van der Waals surface area (Å²) < 4.78 is 8.77. The second-order valence-electron chi connectivity index (χ2n) is 5.54. The highest BCUT2D eigenvalue weighted by Gasteiger charge is 2.26. The molecule has 0 bridgehead atoms. The molecule has 140 valence electrons. The van der Waals surface area contributed by atoms with E-state index in [2.05, 4.69) is 8.37 Å². The molecule has 0 amide bonds. The van der Waals surface area contributed by atoms with Gasteiger partial charge < -0.3 is 0 Å². The number of hydrogen-bond donors (Lipinski definition) is 0. The number of Topliss-reactive ketones (excluding diaryl/α,β-unsaturated/α-hetero) is 4. The first-order valence-corrected chi connectivity index (χ1v) is 8.70. The number of rotatable bonds is 2. The van der Waals surface area contributed by atoms with Gasteiger partial charge in [-0.25, -0.2) is 0 Å². The summed E-state index contributed by atoms with van der Waals surface area (Å²) in [5, 5.41) is 0. The molecule has 0 aliphatic heterocycles. The highest BCUT2D eigenvalue weighted by atomic mass is 32.2. The van der Waals surface area contributed by atoms with Crippen LogP contribution in [0.1, 0.15) is 54.3 Å². The highest BCUT2D eigenvalue weighted by Crippen LogP contribution is 2.21. The second kappa shape index (κ2) is 9.91. The maximum atomic E-state index is 11.1. The smallest absolute Gasteiger partial charge is 0.171 e. The van der Waals surface area contributed by atoms with E-state index in [0.29, 0.717) is 22.3 Å². The third-order valence-corrected chi connectivity index (χ3v) is 4.11. The van der Waals surface area contributed by atoms with Crippen LogP contribution >= 0.6 is 12.3 Å². The van der Waals surface area contributed by atoms with E-state index in [1.807, 2.05) is 0 Å². The summed E-state index contributed by atoms with van der Waals surface area (Å²) in [5.41, 5.74) is 2.32. The van der Waals surface area contributed by atoms with E-state index < -0.39 is 0 Å². The van der Waals surface area contributed by atoms with E-state index >= 15 is 0 Å². The van der Waals surface area contributed by atoms with Crippen molar-refractivity contribution in [1.82, 2.24) is 0 Å². The zero-order valence-electron chi connectivity index (χ0n) is 14.9. The summed E-state index contributed by atoms with van der Waals surface area (Å²) in [7, 11) is 3.10. The molecule has 27 heavy (non-hydrogen) atoms. The third-order valence-electron chi connectivity index (χ3n) is 3.83. The van der Waals surface area contributed by atoms with Crippen molar-refractivity contribution in [3.05, 3.63) is 70.8 Å². The van der Waals surface area contributed by atoms with Crippen molar-refractivity contribution in [1.29, 1.82) is 0 Å². The lowest BCUT2D eigenvalue weighted by molar-refractivity contribution is 0.0906. The molecule has 0 atom stereocenters. The molecule has 0 spiro atoms. The van der Waals surface area contributed by atoms with Crippen LogP contribution in [-0.2, 0) is 8.37 Å². The fourth-order valence-corrected chi connectivity index (χ4v) is 2.82. The summed E-state index contributed by atoms with van der Waals surface area (Å²) in [5.74, 6) is -0.201. The first-order chi connectivity index (χ1) is 13.0. The Morgan fingerprint density at radius 1 is 0.593 bits per heavy atom. The fourth-order valence-electron chi connectivity index (χ4n) is 2.68. The van der Waals surface area contributed by atoms with Crippen molar-refractivity contribution in [2.45, 2.75) is 12.8 Å². The maximum Gasteiger partial charge on any atom is 0.171 e. The Bertz CT molecular complexity index is 737. The third kappa shape index (κ3) is 5.19. The van der Waals surface area contributed by atoms with E-state index in [-0.39, 0.29) is 36.0 Å². The largest absolute Gasteiger partial charge is 0.295 e. The molecule has 0 fully saturated rings. The predicted molar refractivity (Wildman–Crippen MR) is 101 cm³/mol. The first kappa shape index (κ1) is 20.7. The van der Waals surface area contributed by atoms with Crippen LogP contribution in [0.2, 0.25) is 0 Å². The molecular formula is C20H18O6S. The van der Waals surface area contributed by atoms with Gasteiger partial charge in [0.1, 0.15) is 0 Å². The van der Waals surface area contributed by atoms with Gasteiger partial charge in [0.2, 0.25) is 0 Å². The molecular weight excluding hydrogens is 368 g/mol. The van der Waals surface area contributed by atoms with Gasteiger partial charge in [-0.15, -0.1) is 0 Å². The molecule has 7 heteroatoms. The van der Waals surface area contributed by atoms with Gasteiger partial charge in [0.05, 0.1) is 27.1 Å². The Morgan fingerprint density at radius 2 is 0.852 bits per heavy atom. The topological polar surface area (TPSA) is 86.7 Å². The summed E-state index contributed by atoms with van der Waals surface area (Å²) in [6.07, 6.45) is 0.110. The van der Waals surface area contributed by atoms with E-state index in [1.165, 1.54) is 0 Å². The average molecular weight is 386 g/mol. The van der Waals surface area contributed by atoms with Gasteiger partial charge in [-0.3, -0.25) is 27.5 Å². The number of hydrogen-bond acceptors (Lipinski definition) is 7. The minimum Gasteiger partial charge on any atom is -0.295 e. The van der Waals surface area contributed by atoms with Gasteiger partial charge >= 0.3 is 0 Å². The standard InChI is InChI=1S/2C9H6O2.C2H6O2S/c2*10-8-5-9(11)7-4-2-1-3-6(7)8;1-3-5-4-2/h2*1-4H,5H2;1-2H3. The molecule has 0 aromatic heterocycles. The summed E-state index contributed by atoms with van der Waals surface area (Å²) in [6, 6.07) is 13.9. The van der Waals surface area contributed by atoms with Crippen molar-refractivity contribution in [3.8, 4) is 0 Å². The minimum atomic E-state index is -0.0504. The molecule has 2 aliphatic carbocycles. The minimum absolute atomic E-state index is 0.0504. The van der Waals surface area contributed by atoms with Crippen molar-refractivity contribution in [2.24, 2.45) is 0 Å². The molecule has 0 heterocycles. The fraction of sp³-hybridized carbons (Fsp3) is 0.200. The number of benzene rings is 2. The lowest BCUT2D eigenvalue weighted by Gasteiger charge is -1.90. The van der Waals surface area contributed by atoms with Crippen molar-refractivity contribution in [3.63, 3.8) is 0 Å². The van der Waals surface area contributed by atoms with Crippen LogP contribution in [0.3, 0.4) is 0 Å². The van der Waals surface area contributed by atoms with Crippen LogP contribution in [0, 0.1) is 0 Å². The Kier molecular flexibility index (Phi) is 7.60. The van der Waals surface area contributed by atoms with Gasteiger partial charge in [0.25, 0.3) is 0 Å². The molecule has 0 saturated heterocycles.